The number of hydrogen-bond acceptors (Lipinski definition) is 5. The first-order chi connectivity index (χ1) is 16.9. The fourth-order valence-electron chi connectivity index (χ4n) is 4.80. The SMILES string of the molecule is COc1ccccc1C(=O)N1CCC(COc2ccc(F)cc2)(CC(=O)N2CCN(C)CC2)CC1. The summed E-state index contributed by atoms with van der Waals surface area (Å²) in [5.74, 6) is 0.872. The van der Waals surface area contributed by atoms with Gasteiger partial charge in [-0.05, 0) is 56.3 Å². The second-order valence-corrected chi connectivity index (χ2v) is 9.60. The van der Waals surface area contributed by atoms with E-state index in [9.17, 15) is 14.0 Å². The van der Waals surface area contributed by atoms with Crippen molar-refractivity contribution >= 4 is 11.8 Å². The van der Waals surface area contributed by atoms with Crippen molar-refractivity contribution in [2.45, 2.75) is 19.3 Å². The molecule has 7 nitrogen and oxygen atoms in total. The topological polar surface area (TPSA) is 62.3 Å². The quantitative estimate of drug-likeness (QED) is 0.605. The molecular weight excluding hydrogens is 449 g/mol. The van der Waals surface area contributed by atoms with Gasteiger partial charge in [-0.1, -0.05) is 12.1 Å². The minimum atomic E-state index is -0.396. The van der Waals surface area contributed by atoms with Gasteiger partial charge >= 0.3 is 0 Å². The molecule has 0 atom stereocenters. The van der Waals surface area contributed by atoms with Gasteiger partial charge in [0.25, 0.3) is 5.91 Å². The number of carbonyl (C=O) groups is 2. The van der Waals surface area contributed by atoms with Crippen molar-refractivity contribution in [2.24, 2.45) is 5.41 Å². The van der Waals surface area contributed by atoms with Crippen LogP contribution in [0.3, 0.4) is 0 Å². The van der Waals surface area contributed by atoms with E-state index < -0.39 is 5.41 Å². The lowest BCUT2D eigenvalue weighted by molar-refractivity contribution is -0.136. The van der Waals surface area contributed by atoms with Gasteiger partial charge in [0.1, 0.15) is 17.3 Å². The Kier molecular flexibility index (Phi) is 7.90. The molecule has 2 amide bonds. The average Bonchev–Trinajstić information content (AvgIpc) is 2.89. The van der Waals surface area contributed by atoms with Gasteiger partial charge in [0.15, 0.2) is 0 Å². The third-order valence-electron chi connectivity index (χ3n) is 7.19. The Morgan fingerprint density at radius 2 is 1.57 bits per heavy atom. The number of hydrogen-bond donors (Lipinski definition) is 0. The van der Waals surface area contributed by atoms with Gasteiger partial charge in [0, 0.05) is 51.1 Å². The molecule has 4 rings (SSSR count). The van der Waals surface area contributed by atoms with Gasteiger partial charge in [-0.15, -0.1) is 0 Å². The summed E-state index contributed by atoms with van der Waals surface area (Å²) in [6.07, 6.45) is 1.66. The molecule has 188 valence electrons. The summed E-state index contributed by atoms with van der Waals surface area (Å²) in [6, 6.07) is 13.2. The summed E-state index contributed by atoms with van der Waals surface area (Å²) in [6.45, 7) is 4.58. The molecule has 0 spiro atoms. The minimum Gasteiger partial charge on any atom is -0.496 e. The lowest BCUT2D eigenvalue weighted by atomic mass is 9.75. The van der Waals surface area contributed by atoms with Crippen LogP contribution in [0.5, 0.6) is 11.5 Å². The largest absolute Gasteiger partial charge is 0.496 e. The molecule has 0 unspecified atom stereocenters. The smallest absolute Gasteiger partial charge is 0.257 e. The molecular formula is C27H34FN3O4. The number of benzene rings is 2. The van der Waals surface area contributed by atoms with E-state index in [4.69, 9.17) is 9.47 Å². The molecule has 2 aromatic carbocycles. The van der Waals surface area contributed by atoms with Gasteiger partial charge in [-0.25, -0.2) is 4.39 Å². The first-order valence-electron chi connectivity index (χ1n) is 12.2. The number of rotatable bonds is 7. The maximum Gasteiger partial charge on any atom is 0.257 e. The highest BCUT2D eigenvalue weighted by atomic mass is 19.1. The predicted molar refractivity (Wildman–Crippen MR) is 131 cm³/mol. The summed E-state index contributed by atoms with van der Waals surface area (Å²) in [5.41, 5.74) is 0.144. The summed E-state index contributed by atoms with van der Waals surface area (Å²) in [5, 5.41) is 0. The number of halogens is 1. The molecule has 0 N–H and O–H groups in total. The molecule has 2 aromatic rings. The lowest BCUT2D eigenvalue weighted by Crippen LogP contribution is -2.51. The molecule has 2 aliphatic rings. The summed E-state index contributed by atoms with van der Waals surface area (Å²) in [4.78, 5) is 32.4. The van der Waals surface area contributed by atoms with Crippen LogP contribution in [-0.4, -0.2) is 86.5 Å². The molecule has 0 aromatic heterocycles. The maximum absolute atomic E-state index is 13.3. The van der Waals surface area contributed by atoms with E-state index in [1.807, 2.05) is 21.9 Å². The highest BCUT2D eigenvalue weighted by Crippen LogP contribution is 2.37. The number of likely N-dealkylation sites (tertiary alicyclic amines) is 1. The van der Waals surface area contributed by atoms with Gasteiger partial charge in [-0.2, -0.15) is 0 Å². The second kappa shape index (κ2) is 11.1. The van der Waals surface area contributed by atoms with Crippen molar-refractivity contribution in [3.05, 3.63) is 59.9 Å². The van der Waals surface area contributed by atoms with Crippen molar-refractivity contribution in [2.75, 3.05) is 60.0 Å². The number of methoxy groups -OCH3 is 1. The number of nitrogens with zero attached hydrogens (tertiary/aromatic N) is 3. The van der Waals surface area contributed by atoms with Gasteiger partial charge in [-0.3, -0.25) is 9.59 Å². The zero-order valence-corrected chi connectivity index (χ0v) is 20.5. The Morgan fingerprint density at radius 1 is 0.914 bits per heavy atom. The Labute approximate surface area is 206 Å². The van der Waals surface area contributed by atoms with Crippen molar-refractivity contribution in [3.63, 3.8) is 0 Å². The van der Waals surface area contributed by atoms with Crippen LogP contribution in [0.1, 0.15) is 29.6 Å². The van der Waals surface area contributed by atoms with Crippen LogP contribution in [0.15, 0.2) is 48.5 Å². The first-order valence-corrected chi connectivity index (χ1v) is 12.2. The van der Waals surface area contributed by atoms with E-state index in [2.05, 4.69) is 11.9 Å². The fourth-order valence-corrected chi connectivity index (χ4v) is 4.80. The van der Waals surface area contributed by atoms with Gasteiger partial charge < -0.3 is 24.2 Å². The maximum atomic E-state index is 13.3. The van der Waals surface area contributed by atoms with Gasteiger partial charge in [0.05, 0.1) is 19.3 Å². The van der Waals surface area contributed by atoms with E-state index in [1.165, 1.54) is 12.1 Å². The Bertz CT molecular complexity index is 1010. The van der Waals surface area contributed by atoms with E-state index >= 15 is 0 Å². The van der Waals surface area contributed by atoms with Crippen molar-refractivity contribution < 1.29 is 23.5 Å². The van der Waals surface area contributed by atoms with Gasteiger partial charge in [0.2, 0.25) is 5.91 Å². The Morgan fingerprint density at radius 3 is 2.23 bits per heavy atom. The molecule has 2 saturated heterocycles. The fraction of sp³-hybridized carbons (Fsp3) is 0.481. The van der Waals surface area contributed by atoms with Crippen molar-refractivity contribution in [1.82, 2.24) is 14.7 Å². The van der Waals surface area contributed by atoms with Crippen LogP contribution in [0.2, 0.25) is 0 Å². The number of piperidine rings is 1. The van der Waals surface area contributed by atoms with Crippen LogP contribution in [0.4, 0.5) is 4.39 Å². The highest BCUT2D eigenvalue weighted by molar-refractivity contribution is 5.97. The normalized spacial score (nSPS) is 18.3. The van der Waals surface area contributed by atoms with E-state index in [0.29, 0.717) is 56.0 Å². The highest BCUT2D eigenvalue weighted by Gasteiger charge is 2.40. The summed E-state index contributed by atoms with van der Waals surface area (Å²) in [7, 11) is 3.62. The molecule has 8 heteroatoms. The number of para-hydroxylation sites is 1. The van der Waals surface area contributed by atoms with Crippen LogP contribution >= 0.6 is 0 Å². The Balaban J connectivity index is 1.46. The standard InChI is InChI=1S/C27H34FN3O4/c1-29-15-17-30(18-16-29)25(32)19-27(20-35-22-9-7-21(28)8-10-22)11-13-31(14-12-27)26(33)23-5-3-4-6-24(23)34-2/h3-10H,11-20H2,1-2H3. The third-order valence-corrected chi connectivity index (χ3v) is 7.19. The number of piperazine rings is 1. The first kappa shape index (κ1) is 25.0. The zero-order valence-electron chi connectivity index (χ0n) is 20.5. The molecule has 2 heterocycles. The predicted octanol–water partition coefficient (Wildman–Crippen LogP) is 3.30. The van der Waals surface area contributed by atoms with Crippen LogP contribution in [0, 0.1) is 11.2 Å². The molecule has 0 bridgehead atoms. The Hall–Kier alpha value is -3.13. The molecule has 0 aliphatic carbocycles. The van der Waals surface area contributed by atoms with Crippen molar-refractivity contribution in [1.29, 1.82) is 0 Å². The van der Waals surface area contributed by atoms with Crippen LogP contribution < -0.4 is 9.47 Å². The van der Waals surface area contributed by atoms with Crippen LogP contribution in [-0.2, 0) is 4.79 Å². The third kappa shape index (κ3) is 6.11. The van der Waals surface area contributed by atoms with E-state index in [-0.39, 0.29) is 17.6 Å². The summed E-state index contributed by atoms with van der Waals surface area (Å²) >= 11 is 0. The molecule has 0 saturated carbocycles. The lowest BCUT2D eigenvalue weighted by Gasteiger charge is -2.43. The van der Waals surface area contributed by atoms with E-state index in [1.54, 1.807) is 31.4 Å². The summed E-state index contributed by atoms with van der Waals surface area (Å²) < 4.78 is 24.8. The molecule has 2 aliphatic heterocycles. The second-order valence-electron chi connectivity index (χ2n) is 9.60. The van der Waals surface area contributed by atoms with Crippen molar-refractivity contribution in [3.8, 4) is 11.5 Å². The number of ether oxygens (including phenoxy) is 2. The average molecular weight is 484 g/mol. The molecule has 2 fully saturated rings. The number of likely N-dealkylation sites (N-methyl/N-ethyl adjacent to an activating group) is 1. The molecule has 0 radical (unpaired) electrons. The van der Waals surface area contributed by atoms with E-state index in [0.717, 1.165) is 26.2 Å². The molecule has 35 heavy (non-hydrogen) atoms. The zero-order chi connectivity index (χ0) is 24.8. The monoisotopic (exact) mass is 483 g/mol. The number of carbonyl (C=O) groups excluding carboxylic acids is 2. The number of amides is 2. The minimum absolute atomic E-state index is 0.0686. The van der Waals surface area contributed by atoms with Crippen LogP contribution in [0.25, 0.3) is 0 Å².